The third kappa shape index (κ3) is 2.05. The molecule has 2 heterocycles. The van der Waals surface area contributed by atoms with Crippen molar-refractivity contribution in [1.82, 2.24) is 10.3 Å². The van der Waals surface area contributed by atoms with E-state index in [2.05, 4.69) is 35.4 Å². The molecular weight excluding hydrogens is 263 g/mol. The van der Waals surface area contributed by atoms with Crippen LogP contribution in [0.15, 0.2) is 48.5 Å². The molecule has 21 heavy (non-hydrogen) atoms. The van der Waals surface area contributed by atoms with Gasteiger partial charge in [0.15, 0.2) is 0 Å². The summed E-state index contributed by atoms with van der Waals surface area (Å²) < 4.78 is 13.6. The van der Waals surface area contributed by atoms with E-state index in [1.54, 1.807) is 12.1 Å². The lowest BCUT2D eigenvalue weighted by Crippen LogP contribution is -2.37. The Kier molecular flexibility index (Phi) is 2.82. The highest BCUT2D eigenvalue weighted by atomic mass is 19.1. The summed E-state index contributed by atoms with van der Waals surface area (Å²) in [6.07, 6.45) is 0.991. The number of aromatic amines is 1. The van der Waals surface area contributed by atoms with Crippen LogP contribution in [0.1, 0.15) is 29.8 Å². The summed E-state index contributed by atoms with van der Waals surface area (Å²) in [6.45, 7) is 2.18. The van der Waals surface area contributed by atoms with E-state index in [0.717, 1.165) is 17.5 Å². The molecule has 0 unspecified atom stereocenters. The summed E-state index contributed by atoms with van der Waals surface area (Å²) in [5, 5.41) is 4.86. The predicted octanol–water partition coefficient (Wildman–Crippen LogP) is 3.93. The van der Waals surface area contributed by atoms with Crippen molar-refractivity contribution in [2.24, 2.45) is 0 Å². The highest BCUT2D eigenvalue weighted by Crippen LogP contribution is 2.35. The average Bonchev–Trinajstić information content (AvgIpc) is 2.85. The van der Waals surface area contributed by atoms with Gasteiger partial charge in [0.05, 0.1) is 6.04 Å². The fourth-order valence-corrected chi connectivity index (χ4v) is 3.37. The summed E-state index contributed by atoms with van der Waals surface area (Å²) in [6, 6.07) is 15.6. The number of benzene rings is 2. The second-order valence-electron chi connectivity index (χ2n) is 5.82. The van der Waals surface area contributed by atoms with E-state index >= 15 is 0 Å². The second kappa shape index (κ2) is 4.71. The minimum absolute atomic E-state index is 0.0202. The van der Waals surface area contributed by atoms with Gasteiger partial charge in [-0.05, 0) is 42.7 Å². The van der Waals surface area contributed by atoms with Crippen LogP contribution in [0.5, 0.6) is 0 Å². The zero-order valence-electron chi connectivity index (χ0n) is 11.9. The van der Waals surface area contributed by atoms with Gasteiger partial charge < -0.3 is 10.3 Å². The molecule has 2 N–H and O–H groups in total. The molecule has 0 amide bonds. The van der Waals surface area contributed by atoms with Crippen LogP contribution in [-0.2, 0) is 6.42 Å². The quantitative estimate of drug-likeness (QED) is 0.694. The summed E-state index contributed by atoms with van der Waals surface area (Å²) in [4.78, 5) is 3.52. The molecule has 0 saturated heterocycles. The maximum Gasteiger partial charge on any atom is 0.123 e. The van der Waals surface area contributed by atoms with Crippen LogP contribution in [-0.4, -0.2) is 11.0 Å². The van der Waals surface area contributed by atoms with Crippen LogP contribution in [0.25, 0.3) is 10.9 Å². The predicted molar refractivity (Wildman–Crippen MR) is 82.8 cm³/mol. The first kappa shape index (κ1) is 12.6. The zero-order chi connectivity index (χ0) is 14.4. The smallest absolute Gasteiger partial charge is 0.123 e. The number of rotatable bonds is 1. The van der Waals surface area contributed by atoms with Gasteiger partial charge in [0.25, 0.3) is 0 Å². The van der Waals surface area contributed by atoms with Crippen LogP contribution >= 0.6 is 0 Å². The summed E-state index contributed by atoms with van der Waals surface area (Å²) in [5.41, 5.74) is 4.64. The monoisotopic (exact) mass is 280 g/mol. The highest BCUT2D eigenvalue weighted by molar-refractivity contribution is 5.85. The number of H-pyrrole nitrogens is 1. The third-order valence-electron chi connectivity index (χ3n) is 4.28. The molecule has 1 aliphatic rings. The van der Waals surface area contributed by atoms with Crippen molar-refractivity contribution in [3.63, 3.8) is 0 Å². The molecule has 3 heteroatoms. The average molecular weight is 280 g/mol. The van der Waals surface area contributed by atoms with E-state index in [9.17, 15) is 4.39 Å². The molecule has 0 radical (unpaired) electrons. The van der Waals surface area contributed by atoms with Gasteiger partial charge in [-0.25, -0.2) is 4.39 Å². The molecule has 4 rings (SSSR count). The number of fused-ring (bicyclic) bond motifs is 3. The van der Waals surface area contributed by atoms with Gasteiger partial charge >= 0.3 is 0 Å². The van der Waals surface area contributed by atoms with Crippen LogP contribution in [0, 0.1) is 5.82 Å². The lowest BCUT2D eigenvalue weighted by molar-refractivity contribution is 0.458. The lowest BCUT2D eigenvalue weighted by Gasteiger charge is -2.29. The van der Waals surface area contributed by atoms with Crippen LogP contribution in [0.3, 0.4) is 0 Å². The van der Waals surface area contributed by atoms with Gasteiger partial charge in [-0.1, -0.05) is 30.3 Å². The van der Waals surface area contributed by atoms with E-state index in [-0.39, 0.29) is 11.9 Å². The Morgan fingerprint density at radius 1 is 1.10 bits per heavy atom. The first-order chi connectivity index (χ1) is 10.2. The summed E-state index contributed by atoms with van der Waals surface area (Å²) in [5.74, 6) is -0.190. The number of halogens is 1. The Balaban J connectivity index is 1.91. The molecule has 3 aromatic rings. The van der Waals surface area contributed by atoms with Gasteiger partial charge in [0, 0.05) is 22.6 Å². The summed E-state index contributed by atoms with van der Waals surface area (Å²) in [7, 11) is 0. The first-order valence-electron chi connectivity index (χ1n) is 7.33. The van der Waals surface area contributed by atoms with Crippen molar-refractivity contribution in [2.75, 3.05) is 0 Å². The molecule has 2 atom stereocenters. The van der Waals surface area contributed by atoms with Crippen molar-refractivity contribution >= 4 is 10.9 Å². The number of hydrogen-bond donors (Lipinski definition) is 2. The van der Waals surface area contributed by atoms with Crippen molar-refractivity contribution in [3.05, 3.63) is 71.2 Å². The van der Waals surface area contributed by atoms with Gasteiger partial charge in [-0.3, -0.25) is 0 Å². The summed E-state index contributed by atoms with van der Waals surface area (Å²) >= 11 is 0. The van der Waals surface area contributed by atoms with E-state index in [1.165, 1.54) is 22.7 Å². The normalized spacial score (nSPS) is 21.4. The van der Waals surface area contributed by atoms with Crippen LogP contribution in [0.4, 0.5) is 4.39 Å². The SMILES string of the molecule is C[C@H]1Cc2c([nH]c3ccccc23)[C@@H](c2cccc(F)c2)N1. The number of hydrogen-bond acceptors (Lipinski definition) is 1. The Bertz CT molecular complexity index is 806. The fourth-order valence-electron chi connectivity index (χ4n) is 3.37. The van der Waals surface area contributed by atoms with Gasteiger partial charge in [0.2, 0.25) is 0 Å². The molecule has 2 nitrogen and oxygen atoms in total. The second-order valence-corrected chi connectivity index (χ2v) is 5.82. The van der Waals surface area contributed by atoms with E-state index in [1.807, 2.05) is 12.1 Å². The number of nitrogens with one attached hydrogen (secondary N) is 2. The van der Waals surface area contributed by atoms with E-state index < -0.39 is 0 Å². The van der Waals surface area contributed by atoms with Gasteiger partial charge in [-0.15, -0.1) is 0 Å². The van der Waals surface area contributed by atoms with Crippen LogP contribution < -0.4 is 5.32 Å². The van der Waals surface area contributed by atoms with Crippen molar-refractivity contribution in [2.45, 2.75) is 25.4 Å². The molecular formula is C18H17FN2. The largest absolute Gasteiger partial charge is 0.357 e. The Labute approximate surface area is 123 Å². The Hall–Kier alpha value is -2.13. The van der Waals surface area contributed by atoms with Gasteiger partial charge in [0.1, 0.15) is 5.82 Å². The Morgan fingerprint density at radius 2 is 1.95 bits per heavy atom. The molecule has 0 saturated carbocycles. The van der Waals surface area contributed by atoms with Crippen molar-refractivity contribution in [1.29, 1.82) is 0 Å². The van der Waals surface area contributed by atoms with Crippen molar-refractivity contribution < 1.29 is 4.39 Å². The third-order valence-corrected chi connectivity index (χ3v) is 4.28. The van der Waals surface area contributed by atoms with E-state index in [0.29, 0.717) is 6.04 Å². The van der Waals surface area contributed by atoms with Gasteiger partial charge in [-0.2, -0.15) is 0 Å². The molecule has 0 spiro atoms. The first-order valence-corrected chi connectivity index (χ1v) is 7.33. The molecule has 0 fully saturated rings. The number of aromatic nitrogens is 1. The van der Waals surface area contributed by atoms with Crippen LogP contribution in [0.2, 0.25) is 0 Å². The van der Waals surface area contributed by atoms with Crippen molar-refractivity contribution in [3.8, 4) is 0 Å². The maximum atomic E-state index is 13.6. The zero-order valence-corrected chi connectivity index (χ0v) is 11.9. The minimum atomic E-state index is -0.190. The Morgan fingerprint density at radius 3 is 2.81 bits per heavy atom. The molecule has 1 aromatic heterocycles. The maximum absolute atomic E-state index is 13.6. The number of para-hydroxylation sites is 1. The molecule has 2 aromatic carbocycles. The standard InChI is InChI=1S/C18H17FN2/c1-11-9-15-14-7-2-3-8-16(14)21-18(15)17(20-11)12-5-4-6-13(19)10-12/h2-8,10-11,17,20-21H,9H2,1H3/t11-,17+/m0/s1. The minimum Gasteiger partial charge on any atom is -0.357 e. The lowest BCUT2D eigenvalue weighted by atomic mass is 9.91. The molecule has 106 valence electrons. The topological polar surface area (TPSA) is 27.8 Å². The fraction of sp³-hybridized carbons (Fsp3) is 0.222. The van der Waals surface area contributed by atoms with E-state index in [4.69, 9.17) is 0 Å². The molecule has 1 aliphatic heterocycles. The highest BCUT2D eigenvalue weighted by Gasteiger charge is 2.28. The molecule has 0 aliphatic carbocycles. The molecule has 0 bridgehead atoms.